The van der Waals surface area contributed by atoms with Crippen molar-refractivity contribution in [1.29, 1.82) is 0 Å². The number of ether oxygens (including phenoxy) is 1. The maximum absolute atomic E-state index is 14.6. The third-order valence-corrected chi connectivity index (χ3v) is 5.71. The Morgan fingerprint density at radius 1 is 1.21 bits per heavy atom. The number of hydrogen-bond acceptors (Lipinski definition) is 4. The van der Waals surface area contributed by atoms with Crippen LogP contribution in [-0.2, 0) is 11.3 Å². The van der Waals surface area contributed by atoms with E-state index in [1.807, 2.05) is 20.8 Å². The molecule has 156 valence electrons. The smallest absolute Gasteiger partial charge is 0.407 e. The van der Waals surface area contributed by atoms with Crippen LogP contribution in [0, 0.1) is 5.82 Å². The molecule has 1 saturated heterocycles. The first-order valence-corrected chi connectivity index (χ1v) is 10.2. The lowest BCUT2D eigenvalue weighted by Crippen LogP contribution is -2.45. The van der Waals surface area contributed by atoms with E-state index in [-0.39, 0.29) is 35.0 Å². The van der Waals surface area contributed by atoms with Gasteiger partial charge in [-0.25, -0.2) is 9.18 Å². The van der Waals surface area contributed by atoms with E-state index in [0.717, 1.165) is 36.8 Å². The minimum atomic E-state index is -0.379. The predicted octanol–water partition coefficient (Wildman–Crippen LogP) is 3.23. The second kappa shape index (κ2) is 7.44. The van der Waals surface area contributed by atoms with Crippen LogP contribution in [0.4, 0.5) is 9.18 Å². The van der Waals surface area contributed by atoms with Gasteiger partial charge in [0.2, 0.25) is 0 Å². The minimum Gasteiger partial charge on any atom is -0.446 e. The third-order valence-electron chi connectivity index (χ3n) is 5.71. The van der Waals surface area contributed by atoms with E-state index < -0.39 is 0 Å². The van der Waals surface area contributed by atoms with Gasteiger partial charge in [-0.2, -0.15) is 0 Å². The summed E-state index contributed by atoms with van der Waals surface area (Å²) in [6, 6.07) is 6.56. The Bertz CT molecular complexity index is 987. The number of pyridine rings is 1. The molecule has 0 aliphatic carbocycles. The number of aromatic nitrogens is 1. The summed E-state index contributed by atoms with van der Waals surface area (Å²) >= 11 is 0. The maximum atomic E-state index is 14.6. The van der Waals surface area contributed by atoms with Crippen molar-refractivity contribution in [2.45, 2.75) is 57.7 Å². The molecule has 29 heavy (non-hydrogen) atoms. The highest BCUT2D eigenvalue weighted by molar-refractivity contribution is 5.84. The number of alkyl carbamates (subject to hydrolysis) is 1. The summed E-state index contributed by atoms with van der Waals surface area (Å²) in [6.45, 7) is 8.53. The fourth-order valence-corrected chi connectivity index (χ4v) is 4.44. The summed E-state index contributed by atoms with van der Waals surface area (Å²) in [6.07, 6.45) is 1.03. The minimum absolute atomic E-state index is 0.0459. The lowest BCUT2D eigenvalue weighted by atomic mass is 9.97. The molecule has 1 atom stereocenters. The molecule has 1 unspecified atom stereocenters. The van der Waals surface area contributed by atoms with Gasteiger partial charge >= 0.3 is 6.09 Å². The highest BCUT2D eigenvalue weighted by Crippen LogP contribution is 2.35. The highest BCUT2D eigenvalue weighted by atomic mass is 19.1. The molecule has 1 aromatic carbocycles. The van der Waals surface area contributed by atoms with Crippen LogP contribution >= 0.6 is 0 Å². The molecule has 7 heteroatoms. The summed E-state index contributed by atoms with van der Waals surface area (Å²) in [5.74, 6) is -0.285. The van der Waals surface area contributed by atoms with E-state index >= 15 is 0 Å². The SMILES string of the molecule is CC(C)(C)NC(=O)OC1CCN(CC2Cn3c(=O)ccc4ccc(F)c2c43)CC1. The molecule has 1 amide bonds. The second-order valence-electron chi connectivity index (χ2n) is 9.16. The van der Waals surface area contributed by atoms with Crippen molar-refractivity contribution >= 4 is 17.0 Å². The van der Waals surface area contributed by atoms with E-state index in [2.05, 4.69) is 10.2 Å². The van der Waals surface area contributed by atoms with Gasteiger partial charge < -0.3 is 19.5 Å². The standard InChI is InChI=1S/C22H28FN3O3/c1-22(2,3)24-21(28)29-16-8-10-25(11-9-16)12-15-13-26-18(27)7-5-14-4-6-17(23)19(15)20(14)26/h4-7,15-16H,8-13H2,1-3H3,(H,24,28). The number of piperidine rings is 1. The molecule has 2 aliphatic rings. The molecule has 0 spiro atoms. The Morgan fingerprint density at radius 2 is 1.90 bits per heavy atom. The van der Waals surface area contributed by atoms with Crippen LogP contribution in [0.25, 0.3) is 10.9 Å². The number of benzene rings is 1. The van der Waals surface area contributed by atoms with Gasteiger partial charge in [0.05, 0.1) is 5.52 Å². The van der Waals surface area contributed by atoms with Gasteiger partial charge in [-0.1, -0.05) is 0 Å². The molecule has 1 fully saturated rings. The molecule has 4 rings (SSSR count). The average molecular weight is 401 g/mol. The quantitative estimate of drug-likeness (QED) is 0.858. The second-order valence-corrected chi connectivity index (χ2v) is 9.16. The lowest BCUT2D eigenvalue weighted by Gasteiger charge is -2.33. The van der Waals surface area contributed by atoms with Crippen molar-refractivity contribution in [2.24, 2.45) is 0 Å². The van der Waals surface area contributed by atoms with Crippen LogP contribution in [0.1, 0.15) is 45.1 Å². The normalized spacial score (nSPS) is 20.2. The third kappa shape index (κ3) is 4.15. The fourth-order valence-electron chi connectivity index (χ4n) is 4.44. The monoisotopic (exact) mass is 401 g/mol. The van der Waals surface area contributed by atoms with Gasteiger partial charge in [0, 0.05) is 49.3 Å². The van der Waals surface area contributed by atoms with Crippen molar-refractivity contribution in [1.82, 2.24) is 14.8 Å². The van der Waals surface area contributed by atoms with Crippen molar-refractivity contribution in [3.8, 4) is 0 Å². The highest BCUT2D eigenvalue weighted by Gasteiger charge is 2.32. The number of hydrogen-bond donors (Lipinski definition) is 1. The Morgan fingerprint density at radius 3 is 2.59 bits per heavy atom. The van der Waals surface area contributed by atoms with Crippen LogP contribution < -0.4 is 10.9 Å². The van der Waals surface area contributed by atoms with Crippen molar-refractivity contribution in [3.05, 3.63) is 46.0 Å². The molecular formula is C22H28FN3O3. The van der Waals surface area contributed by atoms with Crippen molar-refractivity contribution in [3.63, 3.8) is 0 Å². The van der Waals surface area contributed by atoms with Crippen LogP contribution in [-0.4, -0.2) is 46.8 Å². The molecule has 1 aromatic heterocycles. The lowest BCUT2D eigenvalue weighted by molar-refractivity contribution is 0.0454. The summed E-state index contributed by atoms with van der Waals surface area (Å²) in [4.78, 5) is 26.5. The Balaban J connectivity index is 1.39. The van der Waals surface area contributed by atoms with Gasteiger partial charge in [-0.3, -0.25) is 4.79 Å². The molecule has 1 N–H and O–H groups in total. The van der Waals surface area contributed by atoms with Gasteiger partial charge in [-0.15, -0.1) is 0 Å². The number of carbonyl (C=O) groups is 1. The van der Waals surface area contributed by atoms with Gasteiger partial charge in [0.15, 0.2) is 0 Å². The number of likely N-dealkylation sites (tertiary alicyclic amines) is 1. The van der Waals surface area contributed by atoms with Crippen molar-refractivity contribution < 1.29 is 13.9 Å². The number of nitrogens with zero attached hydrogens (tertiary/aromatic N) is 2. The van der Waals surface area contributed by atoms with E-state index in [0.29, 0.717) is 18.7 Å². The van der Waals surface area contributed by atoms with E-state index in [9.17, 15) is 14.0 Å². The van der Waals surface area contributed by atoms with Crippen LogP contribution in [0.2, 0.25) is 0 Å². The summed E-state index contributed by atoms with van der Waals surface area (Å²) in [5.41, 5.74) is 0.991. The maximum Gasteiger partial charge on any atom is 0.407 e. The van der Waals surface area contributed by atoms with Gasteiger partial charge in [0.25, 0.3) is 5.56 Å². The number of amides is 1. The predicted molar refractivity (Wildman–Crippen MR) is 110 cm³/mol. The molecule has 0 radical (unpaired) electrons. The Kier molecular flexibility index (Phi) is 5.11. The number of nitrogens with one attached hydrogen (secondary N) is 1. The number of rotatable bonds is 3. The summed E-state index contributed by atoms with van der Waals surface area (Å²) in [5, 5.41) is 3.72. The molecular weight excluding hydrogens is 373 g/mol. The fraction of sp³-hybridized carbons (Fsp3) is 0.545. The molecule has 2 aromatic rings. The zero-order valence-electron chi connectivity index (χ0n) is 17.2. The van der Waals surface area contributed by atoms with Crippen LogP contribution in [0.15, 0.2) is 29.1 Å². The first kappa shape index (κ1) is 19.9. The van der Waals surface area contributed by atoms with E-state index in [1.165, 1.54) is 6.07 Å². The summed E-state index contributed by atoms with van der Waals surface area (Å²) < 4.78 is 21.9. The number of carbonyl (C=O) groups excluding carboxylic acids is 1. The van der Waals surface area contributed by atoms with E-state index in [1.54, 1.807) is 22.8 Å². The Hall–Kier alpha value is -2.41. The van der Waals surface area contributed by atoms with Crippen molar-refractivity contribution in [2.75, 3.05) is 19.6 Å². The molecule has 0 bridgehead atoms. The topological polar surface area (TPSA) is 63.6 Å². The molecule has 2 aliphatic heterocycles. The Labute approximate surface area is 169 Å². The number of halogens is 1. The zero-order chi connectivity index (χ0) is 20.8. The van der Waals surface area contributed by atoms with Crippen LogP contribution in [0.3, 0.4) is 0 Å². The summed E-state index contributed by atoms with van der Waals surface area (Å²) in [7, 11) is 0. The largest absolute Gasteiger partial charge is 0.446 e. The molecule has 3 heterocycles. The first-order valence-electron chi connectivity index (χ1n) is 10.2. The van der Waals surface area contributed by atoms with Crippen LogP contribution in [0.5, 0.6) is 0 Å². The average Bonchev–Trinajstić information content (AvgIpc) is 3.01. The molecule has 0 saturated carbocycles. The zero-order valence-corrected chi connectivity index (χ0v) is 17.2. The first-order chi connectivity index (χ1) is 13.7. The van der Waals surface area contributed by atoms with E-state index in [4.69, 9.17) is 4.74 Å². The van der Waals surface area contributed by atoms with Gasteiger partial charge in [-0.05, 0) is 57.2 Å². The van der Waals surface area contributed by atoms with Gasteiger partial charge in [0.1, 0.15) is 11.9 Å². The molecule has 6 nitrogen and oxygen atoms in total.